The standard InChI is InChI=1S/C34H30BrN5O4S/c1-21-9-14-28(22(2)15-21)38-31(41)19-44-32-27(35)16-23(17-30(32)43-3)18-36-40-33(42)25-12-10-24(11-13-25)29-20-45-34(39-29)37-26-7-5-4-6-8-26/h4-18,20H,19H2,1-3H3,(H,37,39)(H,38,41)(H,40,42)/b36-18+. The van der Waals surface area contributed by atoms with Gasteiger partial charge < -0.3 is 20.1 Å². The predicted octanol–water partition coefficient (Wildman–Crippen LogP) is 7.72. The molecule has 5 aromatic rings. The molecule has 0 bridgehead atoms. The molecule has 2 amide bonds. The second-order valence-electron chi connectivity index (χ2n) is 9.99. The summed E-state index contributed by atoms with van der Waals surface area (Å²) in [5, 5.41) is 13.0. The first kappa shape index (κ1) is 31.4. The average Bonchev–Trinajstić information content (AvgIpc) is 3.50. The number of anilines is 3. The van der Waals surface area contributed by atoms with E-state index in [1.807, 2.05) is 79.9 Å². The van der Waals surface area contributed by atoms with Crippen molar-refractivity contribution in [2.24, 2.45) is 5.10 Å². The van der Waals surface area contributed by atoms with Gasteiger partial charge in [-0.25, -0.2) is 10.4 Å². The fourth-order valence-electron chi connectivity index (χ4n) is 4.36. The fourth-order valence-corrected chi connectivity index (χ4v) is 5.68. The molecule has 1 heterocycles. The third-order valence-electron chi connectivity index (χ3n) is 6.61. The van der Waals surface area contributed by atoms with Crippen LogP contribution in [0.1, 0.15) is 27.0 Å². The zero-order valence-corrected chi connectivity index (χ0v) is 27.2. The van der Waals surface area contributed by atoms with E-state index in [-0.39, 0.29) is 18.4 Å². The Bertz CT molecular complexity index is 1840. The van der Waals surface area contributed by atoms with E-state index in [9.17, 15) is 9.59 Å². The number of nitrogens with one attached hydrogen (secondary N) is 3. The topological polar surface area (TPSA) is 114 Å². The highest BCUT2D eigenvalue weighted by Gasteiger charge is 2.14. The number of methoxy groups -OCH3 is 1. The maximum atomic E-state index is 12.7. The van der Waals surface area contributed by atoms with Crippen LogP contribution in [0.15, 0.2) is 99.9 Å². The van der Waals surface area contributed by atoms with Crippen molar-refractivity contribution in [1.82, 2.24) is 10.4 Å². The number of hydrogen-bond donors (Lipinski definition) is 3. The van der Waals surface area contributed by atoms with Crippen LogP contribution in [0.2, 0.25) is 0 Å². The smallest absolute Gasteiger partial charge is 0.271 e. The summed E-state index contributed by atoms with van der Waals surface area (Å²) in [6.45, 7) is 3.72. The average molecular weight is 685 g/mol. The summed E-state index contributed by atoms with van der Waals surface area (Å²) < 4.78 is 11.8. The van der Waals surface area contributed by atoms with Crippen LogP contribution in [0.25, 0.3) is 11.3 Å². The number of carbonyl (C=O) groups is 2. The van der Waals surface area contributed by atoms with E-state index in [1.165, 1.54) is 24.7 Å². The summed E-state index contributed by atoms with van der Waals surface area (Å²) in [6.07, 6.45) is 1.49. The number of rotatable bonds is 11. The zero-order valence-electron chi connectivity index (χ0n) is 24.8. The largest absolute Gasteiger partial charge is 0.493 e. The second-order valence-corrected chi connectivity index (χ2v) is 11.7. The van der Waals surface area contributed by atoms with Crippen molar-refractivity contribution in [2.75, 3.05) is 24.4 Å². The highest BCUT2D eigenvalue weighted by Crippen LogP contribution is 2.36. The van der Waals surface area contributed by atoms with Gasteiger partial charge >= 0.3 is 0 Å². The van der Waals surface area contributed by atoms with Crippen molar-refractivity contribution >= 4 is 61.8 Å². The van der Waals surface area contributed by atoms with Gasteiger partial charge in [0.05, 0.1) is 23.5 Å². The molecule has 228 valence electrons. The SMILES string of the molecule is COc1cc(/C=N/NC(=O)c2ccc(-c3csc(Nc4ccccc4)n3)cc2)cc(Br)c1OCC(=O)Nc1ccc(C)cc1C. The van der Waals surface area contributed by atoms with E-state index in [0.717, 1.165) is 38.9 Å². The van der Waals surface area contributed by atoms with Gasteiger partial charge in [0.1, 0.15) is 0 Å². The molecule has 0 unspecified atom stereocenters. The molecule has 4 aromatic carbocycles. The Kier molecular flexibility index (Phi) is 10.2. The molecule has 0 atom stereocenters. The van der Waals surface area contributed by atoms with Crippen LogP contribution in [-0.2, 0) is 4.79 Å². The Morgan fingerprint density at radius 1 is 1.00 bits per heavy atom. The minimum atomic E-state index is -0.358. The third kappa shape index (κ3) is 8.34. The van der Waals surface area contributed by atoms with Gasteiger partial charge in [-0.05, 0) is 83.4 Å². The Balaban J connectivity index is 1.16. The quantitative estimate of drug-likeness (QED) is 0.0970. The first-order valence-electron chi connectivity index (χ1n) is 13.9. The number of aromatic nitrogens is 1. The van der Waals surface area contributed by atoms with Crippen molar-refractivity contribution in [3.05, 3.63) is 117 Å². The number of para-hydroxylation sites is 1. The lowest BCUT2D eigenvalue weighted by Gasteiger charge is -2.14. The second kappa shape index (κ2) is 14.7. The first-order chi connectivity index (χ1) is 21.8. The maximum Gasteiger partial charge on any atom is 0.271 e. The van der Waals surface area contributed by atoms with Crippen LogP contribution in [0.3, 0.4) is 0 Å². The maximum absolute atomic E-state index is 12.7. The number of ether oxygens (including phenoxy) is 2. The van der Waals surface area contributed by atoms with E-state index in [1.54, 1.807) is 24.3 Å². The number of carbonyl (C=O) groups excluding carboxylic acids is 2. The van der Waals surface area contributed by atoms with E-state index in [4.69, 9.17) is 9.47 Å². The predicted molar refractivity (Wildman–Crippen MR) is 183 cm³/mol. The molecule has 0 radical (unpaired) electrons. The third-order valence-corrected chi connectivity index (χ3v) is 7.95. The van der Waals surface area contributed by atoms with E-state index < -0.39 is 0 Å². The highest BCUT2D eigenvalue weighted by atomic mass is 79.9. The van der Waals surface area contributed by atoms with Gasteiger partial charge in [0.2, 0.25) is 0 Å². The van der Waals surface area contributed by atoms with Crippen LogP contribution >= 0.6 is 27.3 Å². The highest BCUT2D eigenvalue weighted by molar-refractivity contribution is 9.10. The molecule has 11 heteroatoms. The lowest BCUT2D eigenvalue weighted by molar-refractivity contribution is -0.118. The number of hydrazone groups is 1. The van der Waals surface area contributed by atoms with Crippen molar-refractivity contribution in [3.63, 3.8) is 0 Å². The summed E-state index contributed by atoms with van der Waals surface area (Å²) in [4.78, 5) is 29.9. The Hall–Kier alpha value is -5.00. The Morgan fingerprint density at radius 2 is 1.78 bits per heavy atom. The molecule has 0 saturated carbocycles. The van der Waals surface area contributed by atoms with Gasteiger partial charge in [0, 0.05) is 27.9 Å². The van der Waals surface area contributed by atoms with Gasteiger partial charge in [-0.15, -0.1) is 11.3 Å². The summed E-state index contributed by atoms with van der Waals surface area (Å²) in [6, 6.07) is 26.2. The lowest BCUT2D eigenvalue weighted by Crippen LogP contribution is -2.21. The van der Waals surface area contributed by atoms with Crippen LogP contribution in [0, 0.1) is 13.8 Å². The van der Waals surface area contributed by atoms with E-state index >= 15 is 0 Å². The summed E-state index contributed by atoms with van der Waals surface area (Å²) >= 11 is 4.99. The minimum absolute atomic E-state index is 0.210. The molecule has 0 aliphatic rings. The number of benzene rings is 4. The van der Waals surface area contributed by atoms with Crippen LogP contribution in [-0.4, -0.2) is 36.7 Å². The van der Waals surface area contributed by atoms with Gasteiger partial charge in [-0.2, -0.15) is 5.10 Å². The molecular formula is C34H30BrN5O4S. The minimum Gasteiger partial charge on any atom is -0.493 e. The Labute approximate surface area is 273 Å². The zero-order chi connectivity index (χ0) is 31.8. The van der Waals surface area contributed by atoms with Crippen LogP contribution in [0.4, 0.5) is 16.5 Å². The lowest BCUT2D eigenvalue weighted by atomic mass is 10.1. The number of amides is 2. The number of halogens is 1. The van der Waals surface area contributed by atoms with Gasteiger partial charge in [-0.3, -0.25) is 9.59 Å². The van der Waals surface area contributed by atoms with Crippen molar-refractivity contribution < 1.29 is 19.1 Å². The molecule has 1 aromatic heterocycles. The molecule has 0 aliphatic carbocycles. The molecule has 0 spiro atoms. The molecule has 9 nitrogen and oxygen atoms in total. The first-order valence-corrected chi connectivity index (χ1v) is 15.5. The fraction of sp³-hybridized carbons (Fsp3) is 0.118. The van der Waals surface area contributed by atoms with Gasteiger partial charge in [0.15, 0.2) is 23.2 Å². The normalized spacial score (nSPS) is 10.8. The molecule has 45 heavy (non-hydrogen) atoms. The molecule has 0 saturated heterocycles. The van der Waals surface area contributed by atoms with Crippen molar-refractivity contribution in [2.45, 2.75) is 13.8 Å². The number of aryl methyl sites for hydroxylation is 2. The molecule has 3 N–H and O–H groups in total. The van der Waals surface area contributed by atoms with Gasteiger partial charge in [-0.1, -0.05) is 48.0 Å². The monoisotopic (exact) mass is 683 g/mol. The summed E-state index contributed by atoms with van der Waals surface area (Å²) in [5.41, 5.74) is 9.14. The number of hydrogen-bond acceptors (Lipinski definition) is 8. The molecule has 5 rings (SSSR count). The Morgan fingerprint density at radius 3 is 2.51 bits per heavy atom. The number of nitrogens with zero attached hydrogens (tertiary/aromatic N) is 2. The molecular weight excluding hydrogens is 654 g/mol. The van der Waals surface area contributed by atoms with Crippen LogP contribution in [0.5, 0.6) is 11.5 Å². The van der Waals surface area contributed by atoms with Crippen molar-refractivity contribution in [3.8, 4) is 22.8 Å². The summed E-state index contributed by atoms with van der Waals surface area (Å²) in [5.74, 6) is 0.117. The molecule has 0 aliphatic heterocycles. The van der Waals surface area contributed by atoms with Crippen molar-refractivity contribution in [1.29, 1.82) is 0 Å². The molecule has 0 fully saturated rings. The van der Waals surface area contributed by atoms with E-state index in [2.05, 4.69) is 42.1 Å². The van der Waals surface area contributed by atoms with Gasteiger partial charge in [0.25, 0.3) is 11.8 Å². The summed E-state index contributed by atoms with van der Waals surface area (Å²) in [7, 11) is 1.50. The number of thiazole rings is 1. The van der Waals surface area contributed by atoms with Crippen LogP contribution < -0.4 is 25.5 Å². The van der Waals surface area contributed by atoms with E-state index in [0.29, 0.717) is 27.1 Å².